The van der Waals surface area contributed by atoms with Crippen LogP contribution in [0.2, 0.25) is 0 Å². The van der Waals surface area contributed by atoms with Gasteiger partial charge in [-0.05, 0) is 25.0 Å². The minimum atomic E-state index is -0.971. The van der Waals surface area contributed by atoms with Crippen LogP contribution in [-0.2, 0) is 5.60 Å². The molecule has 1 aliphatic heterocycles. The molecule has 0 amide bonds. The molecule has 0 saturated heterocycles. The van der Waals surface area contributed by atoms with Crippen molar-refractivity contribution in [2.45, 2.75) is 24.4 Å². The SMILES string of the molecule is COc1ccc2c3c1[C@](O)(CN)CC[C@@H]3CO2. The van der Waals surface area contributed by atoms with Gasteiger partial charge in [-0.3, -0.25) is 0 Å². The third-order valence-electron chi connectivity index (χ3n) is 3.94. The first-order chi connectivity index (χ1) is 8.19. The second-order valence-corrected chi connectivity index (χ2v) is 4.84. The molecule has 2 aliphatic rings. The van der Waals surface area contributed by atoms with Crippen molar-refractivity contribution in [3.05, 3.63) is 23.3 Å². The van der Waals surface area contributed by atoms with Gasteiger partial charge in [-0.1, -0.05) is 0 Å². The molecule has 0 bridgehead atoms. The molecule has 3 rings (SSSR count). The molecular weight excluding hydrogens is 218 g/mol. The van der Waals surface area contributed by atoms with Crippen LogP contribution in [0.5, 0.6) is 11.5 Å². The molecule has 1 aromatic carbocycles. The molecule has 3 N–H and O–H groups in total. The second kappa shape index (κ2) is 3.62. The highest BCUT2D eigenvalue weighted by atomic mass is 16.5. The first-order valence-electron chi connectivity index (χ1n) is 5.96. The Morgan fingerprint density at radius 2 is 2.41 bits per heavy atom. The second-order valence-electron chi connectivity index (χ2n) is 4.84. The normalized spacial score (nSPS) is 29.7. The lowest BCUT2D eigenvalue weighted by molar-refractivity contribution is 0.0220. The molecule has 4 heteroatoms. The van der Waals surface area contributed by atoms with Gasteiger partial charge in [0, 0.05) is 23.6 Å². The van der Waals surface area contributed by atoms with Gasteiger partial charge in [0.1, 0.15) is 17.1 Å². The van der Waals surface area contributed by atoms with E-state index in [0.717, 1.165) is 23.3 Å². The first kappa shape index (κ1) is 10.9. The molecule has 1 heterocycles. The van der Waals surface area contributed by atoms with Gasteiger partial charge in [0.05, 0.1) is 13.7 Å². The van der Waals surface area contributed by atoms with Crippen molar-refractivity contribution in [2.75, 3.05) is 20.3 Å². The number of benzene rings is 1. The molecule has 92 valence electrons. The lowest BCUT2D eigenvalue weighted by Gasteiger charge is -2.36. The molecule has 1 aromatic rings. The van der Waals surface area contributed by atoms with Crippen LogP contribution in [0.15, 0.2) is 12.1 Å². The van der Waals surface area contributed by atoms with Gasteiger partial charge in [0.15, 0.2) is 0 Å². The molecule has 4 nitrogen and oxygen atoms in total. The fraction of sp³-hybridized carbons (Fsp3) is 0.538. The van der Waals surface area contributed by atoms with Crippen molar-refractivity contribution in [2.24, 2.45) is 5.73 Å². The number of methoxy groups -OCH3 is 1. The van der Waals surface area contributed by atoms with Crippen LogP contribution in [0.3, 0.4) is 0 Å². The van der Waals surface area contributed by atoms with Gasteiger partial charge in [0.2, 0.25) is 0 Å². The lowest BCUT2D eigenvalue weighted by atomic mass is 9.74. The van der Waals surface area contributed by atoms with E-state index in [4.69, 9.17) is 15.2 Å². The van der Waals surface area contributed by atoms with Crippen molar-refractivity contribution >= 4 is 0 Å². The summed E-state index contributed by atoms with van der Waals surface area (Å²) in [5, 5.41) is 10.7. The molecule has 0 aromatic heterocycles. The van der Waals surface area contributed by atoms with E-state index in [2.05, 4.69) is 0 Å². The van der Waals surface area contributed by atoms with E-state index in [1.54, 1.807) is 7.11 Å². The number of nitrogens with two attached hydrogens (primary N) is 1. The Labute approximate surface area is 100 Å². The summed E-state index contributed by atoms with van der Waals surface area (Å²) < 4.78 is 11.0. The minimum absolute atomic E-state index is 0.215. The number of hydrogen-bond acceptors (Lipinski definition) is 4. The molecule has 0 spiro atoms. The Hall–Kier alpha value is -1.26. The predicted molar refractivity (Wildman–Crippen MR) is 63.4 cm³/mol. The van der Waals surface area contributed by atoms with Gasteiger partial charge in [0.25, 0.3) is 0 Å². The topological polar surface area (TPSA) is 64.7 Å². The monoisotopic (exact) mass is 235 g/mol. The summed E-state index contributed by atoms with van der Waals surface area (Å²) in [6.07, 6.45) is 1.59. The molecule has 17 heavy (non-hydrogen) atoms. The quantitative estimate of drug-likeness (QED) is 0.806. The number of ether oxygens (including phenoxy) is 2. The summed E-state index contributed by atoms with van der Waals surface area (Å²) in [6, 6.07) is 3.77. The molecule has 0 radical (unpaired) electrons. The van der Waals surface area contributed by atoms with E-state index in [1.807, 2.05) is 12.1 Å². The van der Waals surface area contributed by atoms with Crippen molar-refractivity contribution in [3.8, 4) is 11.5 Å². The van der Waals surface area contributed by atoms with Gasteiger partial charge in [-0.25, -0.2) is 0 Å². The highest BCUT2D eigenvalue weighted by Crippen LogP contribution is 2.51. The largest absolute Gasteiger partial charge is 0.496 e. The lowest BCUT2D eigenvalue weighted by Crippen LogP contribution is -2.39. The van der Waals surface area contributed by atoms with Crippen molar-refractivity contribution in [1.29, 1.82) is 0 Å². The maximum atomic E-state index is 10.7. The Kier molecular flexibility index (Phi) is 2.31. The maximum absolute atomic E-state index is 10.7. The van der Waals surface area contributed by atoms with Crippen molar-refractivity contribution in [1.82, 2.24) is 0 Å². The molecule has 1 aliphatic carbocycles. The zero-order valence-corrected chi connectivity index (χ0v) is 9.90. The molecule has 0 saturated carbocycles. The van der Waals surface area contributed by atoms with Gasteiger partial charge in [-0.2, -0.15) is 0 Å². The third kappa shape index (κ3) is 1.37. The fourth-order valence-corrected chi connectivity index (χ4v) is 3.01. The van der Waals surface area contributed by atoms with E-state index in [1.165, 1.54) is 0 Å². The van der Waals surface area contributed by atoms with Gasteiger partial charge < -0.3 is 20.3 Å². The fourth-order valence-electron chi connectivity index (χ4n) is 3.01. The summed E-state index contributed by atoms with van der Waals surface area (Å²) in [5.41, 5.74) is 6.72. The average Bonchev–Trinajstić information content (AvgIpc) is 2.78. The zero-order chi connectivity index (χ0) is 12.0. The minimum Gasteiger partial charge on any atom is -0.496 e. The highest BCUT2D eigenvalue weighted by molar-refractivity contribution is 5.56. The third-order valence-corrected chi connectivity index (χ3v) is 3.94. The predicted octanol–water partition coefficient (Wildman–Crippen LogP) is 1.11. The molecule has 2 atom stereocenters. The van der Waals surface area contributed by atoms with E-state index < -0.39 is 5.60 Å². The van der Waals surface area contributed by atoms with Gasteiger partial charge >= 0.3 is 0 Å². The summed E-state index contributed by atoms with van der Waals surface area (Å²) in [4.78, 5) is 0. The van der Waals surface area contributed by atoms with Crippen LogP contribution in [0.25, 0.3) is 0 Å². The van der Waals surface area contributed by atoms with Crippen molar-refractivity contribution < 1.29 is 14.6 Å². The number of rotatable bonds is 2. The smallest absolute Gasteiger partial charge is 0.125 e. The Morgan fingerprint density at radius 1 is 1.59 bits per heavy atom. The summed E-state index contributed by atoms with van der Waals surface area (Å²) in [6.45, 7) is 0.919. The summed E-state index contributed by atoms with van der Waals surface area (Å²) >= 11 is 0. The number of hydrogen-bond donors (Lipinski definition) is 2. The molecular formula is C13H17NO3. The van der Waals surface area contributed by atoms with Gasteiger partial charge in [-0.15, -0.1) is 0 Å². The van der Waals surface area contributed by atoms with E-state index in [9.17, 15) is 5.11 Å². The van der Waals surface area contributed by atoms with Crippen LogP contribution in [0, 0.1) is 0 Å². The summed E-state index contributed by atoms with van der Waals surface area (Å²) in [5.74, 6) is 1.96. The first-order valence-corrected chi connectivity index (χ1v) is 5.96. The van der Waals surface area contributed by atoms with Crippen LogP contribution < -0.4 is 15.2 Å². The van der Waals surface area contributed by atoms with E-state index in [-0.39, 0.29) is 6.54 Å². The van der Waals surface area contributed by atoms with Crippen LogP contribution in [0.4, 0.5) is 0 Å². The highest BCUT2D eigenvalue weighted by Gasteiger charge is 2.43. The Bertz CT molecular complexity index is 460. The standard InChI is InChI=1S/C13H17NO3/c1-16-10-3-2-9-11-8(6-17-9)4-5-13(15,7-14)12(10)11/h2-3,8,15H,4-7,14H2,1H3/t8-,13-/m1/s1. The maximum Gasteiger partial charge on any atom is 0.125 e. The van der Waals surface area contributed by atoms with Crippen molar-refractivity contribution in [3.63, 3.8) is 0 Å². The average molecular weight is 235 g/mol. The Balaban J connectivity index is 2.26. The van der Waals surface area contributed by atoms with E-state index >= 15 is 0 Å². The Morgan fingerprint density at radius 3 is 3.12 bits per heavy atom. The number of aliphatic hydroxyl groups is 1. The van der Waals surface area contributed by atoms with Crippen LogP contribution in [-0.4, -0.2) is 25.4 Å². The van der Waals surface area contributed by atoms with Crippen LogP contribution >= 0.6 is 0 Å². The zero-order valence-electron chi connectivity index (χ0n) is 9.90. The summed E-state index contributed by atoms with van der Waals surface area (Å²) in [7, 11) is 1.62. The molecule has 0 unspecified atom stereocenters. The van der Waals surface area contributed by atoms with E-state index in [0.29, 0.717) is 24.7 Å². The molecule has 0 fully saturated rings. The van der Waals surface area contributed by atoms with Crippen LogP contribution in [0.1, 0.15) is 29.9 Å².